The van der Waals surface area contributed by atoms with Crippen molar-refractivity contribution in [1.29, 1.82) is 0 Å². The van der Waals surface area contributed by atoms with Crippen molar-refractivity contribution >= 4 is 5.91 Å². The molecule has 1 aliphatic heterocycles. The van der Waals surface area contributed by atoms with E-state index >= 15 is 0 Å². The maximum atomic E-state index is 12.2. The van der Waals surface area contributed by atoms with Gasteiger partial charge in [0.15, 0.2) is 0 Å². The second-order valence-corrected chi connectivity index (χ2v) is 6.40. The molecular formula is C16H24N2O2. The highest BCUT2D eigenvalue weighted by atomic mass is 16.3. The molecule has 2 atom stereocenters. The van der Waals surface area contributed by atoms with Crippen LogP contribution in [0.1, 0.15) is 31.4 Å². The number of fused-ring (bicyclic) bond motifs is 2. The van der Waals surface area contributed by atoms with E-state index in [0.29, 0.717) is 30.7 Å². The average molecular weight is 276 g/mol. The Kier molecular flexibility index (Phi) is 4.10. The second-order valence-electron chi connectivity index (χ2n) is 6.40. The Morgan fingerprint density at radius 2 is 2.15 bits per heavy atom. The van der Waals surface area contributed by atoms with Gasteiger partial charge in [-0.25, -0.2) is 0 Å². The summed E-state index contributed by atoms with van der Waals surface area (Å²) in [6.45, 7) is 2.83. The molecule has 1 aliphatic carbocycles. The molecule has 2 fully saturated rings. The quantitative estimate of drug-likeness (QED) is 0.917. The molecule has 0 spiro atoms. The first-order chi connectivity index (χ1) is 9.72. The fourth-order valence-electron chi connectivity index (χ4n) is 4.00. The Hall–Kier alpha value is -1.29. The highest BCUT2D eigenvalue weighted by Gasteiger charge is 2.39. The number of likely N-dealkylation sites (tertiary alicyclic amines) is 1. The summed E-state index contributed by atoms with van der Waals surface area (Å²) >= 11 is 0. The van der Waals surface area contributed by atoms with Gasteiger partial charge in [0.1, 0.15) is 5.76 Å². The van der Waals surface area contributed by atoms with Gasteiger partial charge in [0.2, 0.25) is 5.91 Å². The topological polar surface area (TPSA) is 45.5 Å². The Balaban J connectivity index is 1.53. The van der Waals surface area contributed by atoms with E-state index in [1.165, 1.54) is 19.3 Å². The van der Waals surface area contributed by atoms with Crippen LogP contribution in [0.4, 0.5) is 0 Å². The summed E-state index contributed by atoms with van der Waals surface area (Å²) < 4.78 is 5.24. The molecule has 0 aromatic carbocycles. The molecule has 1 aromatic rings. The molecule has 2 bridgehead atoms. The molecule has 2 unspecified atom stereocenters. The molecule has 0 radical (unpaired) electrons. The lowest BCUT2D eigenvalue weighted by molar-refractivity contribution is -0.124. The number of carbonyl (C=O) groups excluding carboxylic acids is 1. The average Bonchev–Trinajstić information content (AvgIpc) is 2.91. The van der Waals surface area contributed by atoms with Gasteiger partial charge in [-0.05, 0) is 49.8 Å². The molecule has 1 amide bonds. The van der Waals surface area contributed by atoms with Crippen molar-refractivity contribution in [3.05, 3.63) is 24.2 Å². The minimum Gasteiger partial charge on any atom is -0.467 e. The van der Waals surface area contributed by atoms with Crippen molar-refractivity contribution in [2.75, 3.05) is 20.1 Å². The maximum absolute atomic E-state index is 12.2. The molecule has 4 heteroatoms. The summed E-state index contributed by atoms with van der Waals surface area (Å²) in [6, 6.07) is 3.74. The number of amides is 1. The Morgan fingerprint density at radius 3 is 2.80 bits per heavy atom. The van der Waals surface area contributed by atoms with Crippen molar-refractivity contribution in [1.82, 2.24) is 10.2 Å². The van der Waals surface area contributed by atoms with Crippen LogP contribution < -0.4 is 5.32 Å². The van der Waals surface area contributed by atoms with Gasteiger partial charge < -0.3 is 14.6 Å². The molecule has 1 saturated heterocycles. The zero-order valence-electron chi connectivity index (χ0n) is 12.2. The molecule has 1 saturated carbocycles. The van der Waals surface area contributed by atoms with E-state index in [4.69, 9.17) is 4.42 Å². The highest BCUT2D eigenvalue weighted by Crippen LogP contribution is 2.41. The lowest BCUT2D eigenvalue weighted by atomic mass is 9.67. The largest absolute Gasteiger partial charge is 0.467 e. The van der Waals surface area contributed by atoms with Crippen LogP contribution >= 0.6 is 0 Å². The van der Waals surface area contributed by atoms with E-state index in [1.807, 2.05) is 12.1 Å². The van der Waals surface area contributed by atoms with Gasteiger partial charge in [-0.2, -0.15) is 0 Å². The third-order valence-corrected chi connectivity index (χ3v) is 4.91. The van der Waals surface area contributed by atoms with E-state index < -0.39 is 0 Å². The van der Waals surface area contributed by atoms with E-state index in [2.05, 4.69) is 17.3 Å². The predicted octanol–water partition coefficient (Wildman–Crippen LogP) is 2.26. The Bertz CT molecular complexity index is 429. The van der Waals surface area contributed by atoms with Crippen LogP contribution in [-0.4, -0.2) is 30.9 Å². The van der Waals surface area contributed by atoms with Crippen LogP contribution in [0.2, 0.25) is 0 Å². The molecule has 1 aromatic heterocycles. The first kappa shape index (κ1) is 13.7. The van der Waals surface area contributed by atoms with E-state index in [-0.39, 0.29) is 5.91 Å². The van der Waals surface area contributed by atoms with Crippen LogP contribution in [0.25, 0.3) is 0 Å². The maximum Gasteiger partial charge on any atom is 0.220 e. The smallest absolute Gasteiger partial charge is 0.220 e. The molecular weight excluding hydrogens is 252 g/mol. The van der Waals surface area contributed by atoms with Gasteiger partial charge >= 0.3 is 0 Å². The van der Waals surface area contributed by atoms with E-state index in [9.17, 15) is 4.79 Å². The van der Waals surface area contributed by atoms with Crippen molar-refractivity contribution in [3.63, 3.8) is 0 Å². The van der Waals surface area contributed by atoms with Crippen molar-refractivity contribution < 1.29 is 9.21 Å². The van der Waals surface area contributed by atoms with E-state index in [1.54, 1.807) is 6.26 Å². The standard InChI is InChI=1S/C16H24N2O2/c1-18-10-12-4-2-5-13(11-18)15(12)8-16(19)17-9-14-6-3-7-20-14/h3,6-7,12-13,15H,2,4-5,8-11H2,1H3,(H,17,19). The van der Waals surface area contributed by atoms with Gasteiger partial charge in [0.05, 0.1) is 12.8 Å². The summed E-state index contributed by atoms with van der Waals surface area (Å²) in [5.41, 5.74) is 0. The SMILES string of the molecule is CN1CC2CCCC(C1)C2CC(=O)NCc1ccco1. The van der Waals surface area contributed by atoms with Crippen molar-refractivity contribution in [3.8, 4) is 0 Å². The lowest BCUT2D eigenvalue weighted by Crippen LogP contribution is -2.48. The molecule has 3 rings (SSSR count). The highest BCUT2D eigenvalue weighted by molar-refractivity contribution is 5.76. The number of nitrogens with zero attached hydrogens (tertiary/aromatic N) is 1. The summed E-state index contributed by atoms with van der Waals surface area (Å²) in [6.07, 6.45) is 6.24. The number of furan rings is 1. The first-order valence-electron chi connectivity index (χ1n) is 7.70. The number of piperidine rings is 1. The summed E-state index contributed by atoms with van der Waals surface area (Å²) in [4.78, 5) is 14.6. The van der Waals surface area contributed by atoms with Crippen LogP contribution in [-0.2, 0) is 11.3 Å². The van der Waals surface area contributed by atoms with Crippen molar-refractivity contribution in [2.24, 2.45) is 17.8 Å². The number of hydrogen-bond donors (Lipinski definition) is 1. The first-order valence-corrected chi connectivity index (χ1v) is 7.70. The fourth-order valence-corrected chi connectivity index (χ4v) is 4.00. The summed E-state index contributed by atoms with van der Waals surface area (Å²) in [7, 11) is 2.21. The second kappa shape index (κ2) is 6.00. The van der Waals surface area contributed by atoms with Gasteiger partial charge in [-0.1, -0.05) is 6.42 Å². The van der Waals surface area contributed by atoms with Crippen LogP contribution in [0.3, 0.4) is 0 Å². The molecule has 110 valence electrons. The number of nitrogens with one attached hydrogen (secondary N) is 1. The molecule has 2 aliphatic rings. The van der Waals surface area contributed by atoms with E-state index in [0.717, 1.165) is 18.8 Å². The third kappa shape index (κ3) is 3.06. The van der Waals surface area contributed by atoms with Crippen molar-refractivity contribution in [2.45, 2.75) is 32.2 Å². The minimum absolute atomic E-state index is 0.174. The molecule has 20 heavy (non-hydrogen) atoms. The predicted molar refractivity (Wildman–Crippen MR) is 77.0 cm³/mol. The van der Waals surface area contributed by atoms with Gasteiger partial charge in [-0.15, -0.1) is 0 Å². The Morgan fingerprint density at radius 1 is 1.40 bits per heavy atom. The third-order valence-electron chi connectivity index (χ3n) is 4.91. The van der Waals surface area contributed by atoms with Crippen LogP contribution in [0, 0.1) is 17.8 Å². The number of rotatable bonds is 4. The zero-order chi connectivity index (χ0) is 13.9. The fraction of sp³-hybridized carbons (Fsp3) is 0.688. The summed E-state index contributed by atoms with van der Waals surface area (Å²) in [5.74, 6) is 3.00. The van der Waals surface area contributed by atoms with Crippen LogP contribution in [0.15, 0.2) is 22.8 Å². The number of hydrogen-bond acceptors (Lipinski definition) is 3. The summed E-state index contributed by atoms with van der Waals surface area (Å²) in [5, 5.41) is 2.99. The monoisotopic (exact) mass is 276 g/mol. The van der Waals surface area contributed by atoms with Gasteiger partial charge in [0, 0.05) is 19.5 Å². The van der Waals surface area contributed by atoms with Gasteiger partial charge in [0.25, 0.3) is 0 Å². The number of carbonyl (C=O) groups is 1. The molecule has 1 N–H and O–H groups in total. The minimum atomic E-state index is 0.174. The van der Waals surface area contributed by atoms with Crippen LogP contribution in [0.5, 0.6) is 0 Å². The molecule has 4 nitrogen and oxygen atoms in total. The van der Waals surface area contributed by atoms with Gasteiger partial charge in [-0.3, -0.25) is 4.79 Å². The Labute approximate surface area is 120 Å². The molecule has 2 heterocycles. The zero-order valence-corrected chi connectivity index (χ0v) is 12.2. The normalized spacial score (nSPS) is 30.1. The lowest BCUT2D eigenvalue weighted by Gasteiger charge is -2.46.